The number of carbonyl (C=O) groups is 3. The van der Waals surface area contributed by atoms with Gasteiger partial charge in [-0.3, -0.25) is 14.9 Å². The SMILES string of the molecule is CC(C)C=C(C#N)C(=O)N1CCCC1Cn1c(NC(=O)c2ccc(Cl)cc2)nc2cc(OC(=O)N(C)[C@@H](C)C(C)(C)C)ccc21. The molecule has 0 saturated carbocycles. The molecule has 1 aliphatic heterocycles. The number of benzene rings is 2. The lowest BCUT2D eigenvalue weighted by atomic mass is 9.87. The van der Waals surface area contributed by atoms with E-state index in [9.17, 15) is 19.6 Å². The van der Waals surface area contributed by atoms with Gasteiger partial charge in [-0.05, 0) is 67.5 Å². The molecule has 3 amide bonds. The second kappa shape index (κ2) is 13.7. The van der Waals surface area contributed by atoms with Gasteiger partial charge in [-0.2, -0.15) is 5.26 Å². The molecular weight excluding hydrogens is 592 g/mol. The molecule has 3 aromatic rings. The molecule has 4 rings (SSSR count). The van der Waals surface area contributed by atoms with Crippen molar-refractivity contribution in [3.05, 3.63) is 64.7 Å². The Labute approximate surface area is 269 Å². The number of likely N-dealkylation sites (tertiary alicyclic amines) is 1. The molecule has 0 bridgehead atoms. The number of ether oxygens (including phenoxy) is 1. The molecule has 2 heterocycles. The molecule has 0 spiro atoms. The van der Waals surface area contributed by atoms with Gasteiger partial charge in [0.2, 0.25) is 5.95 Å². The first-order valence-corrected chi connectivity index (χ1v) is 15.5. The Bertz CT molecular complexity index is 1650. The molecule has 0 radical (unpaired) electrons. The lowest BCUT2D eigenvalue weighted by Crippen LogP contribution is -2.44. The fraction of sp³-hybridized carbons (Fsp3) is 0.441. The maximum atomic E-state index is 13.4. The number of nitriles is 1. The predicted octanol–water partition coefficient (Wildman–Crippen LogP) is 6.90. The highest BCUT2D eigenvalue weighted by Gasteiger charge is 2.32. The van der Waals surface area contributed by atoms with Crippen LogP contribution >= 0.6 is 11.6 Å². The van der Waals surface area contributed by atoms with E-state index in [0.29, 0.717) is 40.5 Å². The van der Waals surface area contributed by atoms with Gasteiger partial charge in [0.1, 0.15) is 17.4 Å². The highest BCUT2D eigenvalue weighted by molar-refractivity contribution is 6.30. The second-order valence-corrected chi connectivity index (χ2v) is 13.3. The van der Waals surface area contributed by atoms with Crippen molar-refractivity contribution in [3.8, 4) is 11.8 Å². The number of anilines is 1. The first-order valence-electron chi connectivity index (χ1n) is 15.1. The molecule has 1 saturated heterocycles. The van der Waals surface area contributed by atoms with Crippen LogP contribution in [0.3, 0.4) is 0 Å². The number of carbonyl (C=O) groups excluding carboxylic acids is 3. The van der Waals surface area contributed by atoms with Crippen molar-refractivity contribution in [2.75, 3.05) is 18.9 Å². The monoisotopic (exact) mass is 632 g/mol. The first kappa shape index (κ1) is 33.5. The smallest absolute Gasteiger partial charge is 0.410 e. The third-order valence-electron chi connectivity index (χ3n) is 8.26. The van der Waals surface area contributed by atoms with Gasteiger partial charge in [0.15, 0.2) is 0 Å². The van der Waals surface area contributed by atoms with Gasteiger partial charge >= 0.3 is 6.09 Å². The number of amides is 3. The summed E-state index contributed by atoms with van der Waals surface area (Å²) < 4.78 is 7.57. The summed E-state index contributed by atoms with van der Waals surface area (Å²) in [5.41, 5.74) is 1.59. The number of imidazole rings is 1. The summed E-state index contributed by atoms with van der Waals surface area (Å²) in [7, 11) is 1.71. The van der Waals surface area contributed by atoms with Gasteiger partial charge in [0.25, 0.3) is 11.8 Å². The third kappa shape index (κ3) is 7.84. The van der Waals surface area contributed by atoms with E-state index in [4.69, 9.17) is 21.3 Å². The van der Waals surface area contributed by atoms with Crippen molar-refractivity contribution in [2.24, 2.45) is 11.3 Å². The molecule has 1 N–H and O–H groups in total. The van der Waals surface area contributed by atoms with E-state index in [2.05, 4.69) is 32.2 Å². The van der Waals surface area contributed by atoms with Crippen LogP contribution in [0.5, 0.6) is 5.75 Å². The highest BCUT2D eigenvalue weighted by atomic mass is 35.5. The van der Waals surface area contributed by atoms with Crippen LogP contribution in [0, 0.1) is 22.7 Å². The molecule has 1 fully saturated rings. The largest absolute Gasteiger partial charge is 0.415 e. The van der Waals surface area contributed by atoms with Crippen LogP contribution in [-0.2, 0) is 11.3 Å². The Morgan fingerprint density at radius 2 is 1.87 bits per heavy atom. The van der Waals surface area contributed by atoms with Crippen LogP contribution in [0.15, 0.2) is 54.1 Å². The lowest BCUT2D eigenvalue weighted by molar-refractivity contribution is -0.127. The molecule has 1 aliphatic rings. The summed E-state index contributed by atoms with van der Waals surface area (Å²) >= 11 is 6.02. The van der Waals surface area contributed by atoms with Crippen LogP contribution in [0.4, 0.5) is 10.7 Å². The van der Waals surface area contributed by atoms with Gasteiger partial charge in [0.05, 0.1) is 17.1 Å². The minimum absolute atomic E-state index is 0.0525. The predicted molar refractivity (Wildman–Crippen MR) is 175 cm³/mol. The van der Waals surface area contributed by atoms with Crippen LogP contribution in [0.25, 0.3) is 11.0 Å². The number of hydrogen-bond acceptors (Lipinski definition) is 6. The Hall–Kier alpha value is -4.36. The number of rotatable bonds is 8. The maximum absolute atomic E-state index is 13.4. The number of allylic oxidation sites excluding steroid dienone is 1. The molecular formula is C34H41ClN6O4. The van der Waals surface area contributed by atoms with Crippen molar-refractivity contribution in [1.82, 2.24) is 19.4 Å². The number of nitrogens with zero attached hydrogens (tertiary/aromatic N) is 5. The summed E-state index contributed by atoms with van der Waals surface area (Å²) in [5, 5.41) is 13.1. The number of fused-ring (bicyclic) bond motifs is 1. The minimum atomic E-state index is -0.490. The molecule has 11 heteroatoms. The van der Waals surface area contributed by atoms with Crippen LogP contribution in [-0.4, -0.2) is 62.9 Å². The molecule has 238 valence electrons. The molecule has 1 aromatic heterocycles. The molecule has 10 nitrogen and oxygen atoms in total. The standard InChI is InChI=1S/C34H41ClN6O4/c1-21(2)17-24(19-36)31(43)40-16-8-9-26(40)20-41-29-15-14-27(45-33(44)39(7)22(3)34(4,5)6)18-28(29)37-32(41)38-30(42)23-10-12-25(35)13-11-23/h10-15,17-18,21-22,26H,8-9,16,20H2,1-7H3,(H,37,38,42)/t22-,26?/m0/s1. The Balaban J connectivity index is 1.68. The molecule has 2 atom stereocenters. The van der Waals surface area contributed by atoms with Crippen molar-refractivity contribution >= 4 is 46.5 Å². The average Bonchev–Trinajstić information content (AvgIpc) is 3.58. The molecule has 0 aliphatic carbocycles. The number of halogens is 1. The summed E-state index contributed by atoms with van der Waals surface area (Å²) in [6, 6.07) is 13.4. The quantitative estimate of drug-likeness (QED) is 0.213. The fourth-order valence-corrected chi connectivity index (χ4v) is 5.41. The van der Waals surface area contributed by atoms with E-state index in [1.807, 2.05) is 25.3 Å². The van der Waals surface area contributed by atoms with Gasteiger partial charge in [0, 0.05) is 42.8 Å². The van der Waals surface area contributed by atoms with Crippen LogP contribution in [0.1, 0.15) is 64.7 Å². The summed E-state index contributed by atoms with van der Waals surface area (Å²) in [6.45, 7) is 12.9. The third-order valence-corrected chi connectivity index (χ3v) is 8.51. The summed E-state index contributed by atoms with van der Waals surface area (Å²) in [6.07, 6.45) is 2.71. The van der Waals surface area contributed by atoms with Crippen molar-refractivity contribution < 1.29 is 19.1 Å². The van der Waals surface area contributed by atoms with Gasteiger partial charge in [-0.1, -0.05) is 52.3 Å². The van der Waals surface area contributed by atoms with Crippen molar-refractivity contribution in [3.63, 3.8) is 0 Å². The van der Waals surface area contributed by atoms with E-state index >= 15 is 0 Å². The summed E-state index contributed by atoms with van der Waals surface area (Å²) in [5.74, 6) is -0.0247. The van der Waals surface area contributed by atoms with E-state index in [-0.39, 0.29) is 46.8 Å². The first-order chi connectivity index (χ1) is 21.2. The van der Waals surface area contributed by atoms with Crippen LogP contribution in [0.2, 0.25) is 5.02 Å². The van der Waals surface area contributed by atoms with Crippen LogP contribution < -0.4 is 10.1 Å². The van der Waals surface area contributed by atoms with E-state index < -0.39 is 6.09 Å². The number of aromatic nitrogens is 2. The van der Waals surface area contributed by atoms with Crippen molar-refractivity contribution in [1.29, 1.82) is 5.26 Å². The normalized spacial score (nSPS) is 16.0. The topological polar surface area (TPSA) is 121 Å². The number of hydrogen-bond donors (Lipinski definition) is 1. The van der Waals surface area contributed by atoms with Gasteiger partial charge < -0.3 is 19.1 Å². The van der Waals surface area contributed by atoms with Gasteiger partial charge in [-0.25, -0.2) is 9.78 Å². The zero-order valence-corrected chi connectivity index (χ0v) is 27.7. The number of nitrogens with one attached hydrogen (secondary N) is 1. The second-order valence-electron chi connectivity index (χ2n) is 12.9. The molecule has 45 heavy (non-hydrogen) atoms. The highest BCUT2D eigenvalue weighted by Crippen LogP contribution is 2.30. The summed E-state index contributed by atoms with van der Waals surface area (Å²) in [4.78, 5) is 47.6. The fourth-order valence-electron chi connectivity index (χ4n) is 5.29. The Morgan fingerprint density at radius 1 is 1.18 bits per heavy atom. The lowest BCUT2D eigenvalue weighted by Gasteiger charge is -2.34. The van der Waals surface area contributed by atoms with Gasteiger partial charge in [-0.15, -0.1) is 0 Å². The van der Waals surface area contributed by atoms with E-state index in [1.165, 1.54) is 0 Å². The van der Waals surface area contributed by atoms with E-state index in [0.717, 1.165) is 12.8 Å². The van der Waals surface area contributed by atoms with E-state index in [1.54, 1.807) is 65.4 Å². The Kier molecular flexibility index (Phi) is 10.2. The maximum Gasteiger partial charge on any atom is 0.415 e. The molecule has 2 aromatic carbocycles. The zero-order valence-electron chi connectivity index (χ0n) is 26.9. The zero-order chi connectivity index (χ0) is 33.1. The average molecular weight is 633 g/mol. The minimum Gasteiger partial charge on any atom is -0.410 e. The Morgan fingerprint density at radius 3 is 2.49 bits per heavy atom. The van der Waals surface area contributed by atoms with Crippen molar-refractivity contribution in [2.45, 2.75) is 73.0 Å². The molecule has 1 unspecified atom stereocenters.